The predicted molar refractivity (Wildman–Crippen MR) is 125 cm³/mol. The van der Waals surface area contributed by atoms with Crippen LogP contribution >= 0.6 is 12.2 Å². The Morgan fingerprint density at radius 1 is 1.17 bits per heavy atom. The fourth-order valence-corrected chi connectivity index (χ4v) is 4.31. The standard InChI is InChI=1S/C24H37N3OS/c1-21-8-10-23(11-9-21)20-27(15-5-14-26-16-18-28-19-17-26)24(29)25-13-12-22-6-3-2-4-7-22/h6,8-11H,2-5,7,12-20H2,1H3,(H,25,29). The molecule has 0 spiro atoms. The van der Waals surface area contributed by atoms with E-state index in [4.69, 9.17) is 17.0 Å². The zero-order chi connectivity index (χ0) is 20.3. The highest BCUT2D eigenvalue weighted by molar-refractivity contribution is 7.80. The average Bonchev–Trinajstić information content (AvgIpc) is 2.76. The van der Waals surface area contributed by atoms with E-state index in [0.717, 1.165) is 70.4 Å². The van der Waals surface area contributed by atoms with Gasteiger partial charge >= 0.3 is 0 Å². The van der Waals surface area contributed by atoms with E-state index in [1.54, 1.807) is 5.57 Å². The van der Waals surface area contributed by atoms with E-state index in [2.05, 4.69) is 52.4 Å². The van der Waals surface area contributed by atoms with Gasteiger partial charge in [0.15, 0.2) is 5.11 Å². The lowest BCUT2D eigenvalue weighted by molar-refractivity contribution is 0.0367. The molecule has 1 aromatic rings. The minimum atomic E-state index is 0.864. The van der Waals surface area contributed by atoms with Gasteiger partial charge in [-0.1, -0.05) is 41.5 Å². The van der Waals surface area contributed by atoms with Crippen LogP contribution in [0.3, 0.4) is 0 Å². The molecule has 1 N–H and O–H groups in total. The monoisotopic (exact) mass is 415 g/mol. The van der Waals surface area contributed by atoms with Gasteiger partial charge in [-0.2, -0.15) is 0 Å². The SMILES string of the molecule is Cc1ccc(CN(CCCN2CCOCC2)C(=S)NCCC2=CCCCC2)cc1. The van der Waals surface area contributed by atoms with E-state index in [-0.39, 0.29) is 0 Å². The van der Waals surface area contributed by atoms with Gasteiger partial charge in [-0.3, -0.25) is 4.90 Å². The molecule has 1 aliphatic carbocycles. The minimum absolute atomic E-state index is 0.864. The fraction of sp³-hybridized carbons (Fsp3) is 0.625. The summed E-state index contributed by atoms with van der Waals surface area (Å²) < 4.78 is 5.46. The number of benzene rings is 1. The van der Waals surface area contributed by atoms with Gasteiger partial charge in [0.1, 0.15) is 0 Å². The first-order chi connectivity index (χ1) is 14.2. The molecule has 5 heteroatoms. The van der Waals surface area contributed by atoms with Crippen molar-refractivity contribution in [3.05, 3.63) is 47.0 Å². The Morgan fingerprint density at radius 2 is 1.97 bits per heavy atom. The first-order valence-electron chi connectivity index (χ1n) is 11.3. The summed E-state index contributed by atoms with van der Waals surface area (Å²) in [4.78, 5) is 4.84. The molecule has 1 saturated heterocycles. The van der Waals surface area contributed by atoms with Crippen LogP contribution in [0.4, 0.5) is 0 Å². The quantitative estimate of drug-likeness (QED) is 0.480. The molecule has 29 heavy (non-hydrogen) atoms. The summed E-state index contributed by atoms with van der Waals surface area (Å²) in [6, 6.07) is 8.82. The van der Waals surface area contributed by atoms with Gasteiger partial charge in [-0.05, 0) is 63.2 Å². The third kappa shape index (κ3) is 8.07. The zero-order valence-electron chi connectivity index (χ0n) is 18.0. The van der Waals surface area contributed by atoms with Crippen molar-refractivity contribution in [3.63, 3.8) is 0 Å². The van der Waals surface area contributed by atoms with Crippen molar-refractivity contribution in [2.75, 3.05) is 45.9 Å². The Labute approximate surface area is 182 Å². The molecule has 2 aliphatic rings. The molecule has 1 fully saturated rings. The predicted octanol–water partition coefficient (Wildman–Crippen LogP) is 4.28. The van der Waals surface area contributed by atoms with Crippen molar-refractivity contribution < 1.29 is 4.74 Å². The number of ether oxygens (including phenoxy) is 1. The van der Waals surface area contributed by atoms with Crippen LogP contribution in [0.2, 0.25) is 0 Å². The summed E-state index contributed by atoms with van der Waals surface area (Å²) in [6.07, 6.45) is 9.88. The third-order valence-electron chi connectivity index (χ3n) is 5.89. The van der Waals surface area contributed by atoms with Crippen molar-refractivity contribution in [3.8, 4) is 0 Å². The summed E-state index contributed by atoms with van der Waals surface area (Å²) >= 11 is 5.80. The first-order valence-corrected chi connectivity index (χ1v) is 11.7. The Kier molecular flexibility index (Phi) is 9.45. The van der Waals surface area contributed by atoms with Crippen molar-refractivity contribution >= 4 is 17.3 Å². The maximum atomic E-state index is 5.80. The van der Waals surface area contributed by atoms with E-state index >= 15 is 0 Å². The van der Waals surface area contributed by atoms with Crippen LogP contribution in [0.15, 0.2) is 35.9 Å². The summed E-state index contributed by atoms with van der Waals surface area (Å²) in [5.74, 6) is 0. The normalized spacial score (nSPS) is 17.6. The Bertz CT molecular complexity index is 653. The first kappa shape index (κ1) is 22.3. The molecule has 0 amide bonds. The van der Waals surface area contributed by atoms with Crippen LogP contribution in [0, 0.1) is 6.92 Å². The number of hydrogen-bond acceptors (Lipinski definition) is 3. The van der Waals surface area contributed by atoms with Gasteiger partial charge < -0.3 is 15.0 Å². The maximum Gasteiger partial charge on any atom is 0.169 e. The molecule has 0 atom stereocenters. The van der Waals surface area contributed by atoms with E-state index in [0.29, 0.717) is 0 Å². The number of nitrogens with zero attached hydrogens (tertiary/aromatic N) is 2. The van der Waals surface area contributed by atoms with Gasteiger partial charge in [0, 0.05) is 39.3 Å². The Balaban J connectivity index is 1.49. The molecule has 0 radical (unpaired) electrons. The Hall–Kier alpha value is -1.43. The molecule has 1 aliphatic heterocycles. The lowest BCUT2D eigenvalue weighted by Gasteiger charge is -2.30. The fourth-order valence-electron chi connectivity index (χ4n) is 4.05. The number of aryl methyl sites for hydroxylation is 1. The Morgan fingerprint density at radius 3 is 2.69 bits per heavy atom. The van der Waals surface area contributed by atoms with Gasteiger partial charge in [0.25, 0.3) is 0 Å². The van der Waals surface area contributed by atoms with Crippen LogP contribution in [0.5, 0.6) is 0 Å². The summed E-state index contributed by atoms with van der Waals surface area (Å²) in [5.41, 5.74) is 4.22. The lowest BCUT2D eigenvalue weighted by atomic mass is 9.97. The highest BCUT2D eigenvalue weighted by atomic mass is 32.1. The number of allylic oxidation sites excluding steroid dienone is 1. The number of thiocarbonyl (C=S) groups is 1. The maximum absolute atomic E-state index is 5.80. The van der Waals surface area contributed by atoms with Crippen LogP contribution in [-0.4, -0.2) is 60.8 Å². The summed E-state index contributed by atoms with van der Waals surface area (Å²) in [7, 11) is 0. The topological polar surface area (TPSA) is 27.7 Å². The molecule has 0 unspecified atom stereocenters. The van der Waals surface area contributed by atoms with E-state index in [9.17, 15) is 0 Å². The van der Waals surface area contributed by atoms with Crippen molar-refractivity contribution in [2.45, 2.75) is 52.0 Å². The summed E-state index contributed by atoms with van der Waals surface area (Å²) in [6.45, 7) is 9.88. The van der Waals surface area contributed by atoms with E-state index in [1.165, 1.54) is 36.8 Å². The molecule has 3 rings (SSSR count). The second-order valence-corrected chi connectivity index (χ2v) is 8.69. The van der Waals surface area contributed by atoms with Gasteiger partial charge in [0.05, 0.1) is 13.2 Å². The zero-order valence-corrected chi connectivity index (χ0v) is 18.8. The van der Waals surface area contributed by atoms with Gasteiger partial charge in [-0.15, -0.1) is 0 Å². The third-order valence-corrected chi connectivity index (χ3v) is 6.30. The molecular weight excluding hydrogens is 378 g/mol. The van der Waals surface area contributed by atoms with Gasteiger partial charge in [0.2, 0.25) is 0 Å². The van der Waals surface area contributed by atoms with Crippen molar-refractivity contribution in [1.29, 1.82) is 0 Å². The van der Waals surface area contributed by atoms with Crippen LogP contribution in [0.1, 0.15) is 49.7 Å². The molecule has 0 saturated carbocycles. The number of morpholine rings is 1. The van der Waals surface area contributed by atoms with Crippen LogP contribution in [0.25, 0.3) is 0 Å². The highest BCUT2D eigenvalue weighted by Gasteiger charge is 2.14. The molecule has 0 bridgehead atoms. The molecule has 1 heterocycles. The van der Waals surface area contributed by atoms with Crippen molar-refractivity contribution in [1.82, 2.24) is 15.1 Å². The molecule has 0 aromatic heterocycles. The lowest BCUT2D eigenvalue weighted by Crippen LogP contribution is -2.42. The largest absolute Gasteiger partial charge is 0.379 e. The number of nitrogens with one attached hydrogen (secondary N) is 1. The minimum Gasteiger partial charge on any atom is -0.379 e. The molecule has 160 valence electrons. The highest BCUT2D eigenvalue weighted by Crippen LogP contribution is 2.19. The molecule has 1 aromatic carbocycles. The van der Waals surface area contributed by atoms with Gasteiger partial charge in [-0.25, -0.2) is 0 Å². The van der Waals surface area contributed by atoms with Crippen LogP contribution < -0.4 is 5.32 Å². The summed E-state index contributed by atoms with van der Waals surface area (Å²) in [5, 5.41) is 4.43. The van der Waals surface area contributed by atoms with E-state index in [1.807, 2.05) is 0 Å². The second-order valence-electron chi connectivity index (χ2n) is 8.30. The number of hydrogen-bond donors (Lipinski definition) is 1. The van der Waals surface area contributed by atoms with Crippen LogP contribution in [-0.2, 0) is 11.3 Å². The second kappa shape index (κ2) is 12.3. The smallest absolute Gasteiger partial charge is 0.169 e. The van der Waals surface area contributed by atoms with E-state index < -0.39 is 0 Å². The molecule has 4 nitrogen and oxygen atoms in total. The number of rotatable bonds is 9. The van der Waals surface area contributed by atoms with Crippen molar-refractivity contribution in [2.24, 2.45) is 0 Å². The average molecular weight is 416 g/mol. The molecular formula is C24H37N3OS.